The molecule has 0 fully saturated rings. The number of nitriles is 1. The second-order valence-corrected chi connectivity index (χ2v) is 6.51. The summed E-state index contributed by atoms with van der Waals surface area (Å²) in [6.45, 7) is 0. The van der Waals surface area contributed by atoms with E-state index in [0.717, 1.165) is 22.3 Å². The predicted octanol–water partition coefficient (Wildman–Crippen LogP) is 6.11. The fraction of sp³-hybridized carbons (Fsp3) is 0. The zero-order chi connectivity index (χ0) is 20.1. The zero-order valence-electron chi connectivity index (χ0n) is 15.6. The highest BCUT2D eigenvalue weighted by atomic mass is 16.5. The van der Waals surface area contributed by atoms with Crippen LogP contribution < -0.4 is 4.74 Å². The molecule has 0 atom stereocenters. The Hall–Kier alpha value is -4.16. The fourth-order valence-corrected chi connectivity index (χ4v) is 3.15. The number of carbonyl (C=O) groups excluding carboxylic acids is 1. The lowest BCUT2D eigenvalue weighted by Crippen LogP contribution is -2.09. The first-order chi connectivity index (χ1) is 14.2. The van der Waals surface area contributed by atoms with Crippen LogP contribution in [0.4, 0.5) is 0 Å². The molecule has 4 aromatic carbocycles. The van der Waals surface area contributed by atoms with Gasteiger partial charge in [0, 0.05) is 0 Å². The molecule has 0 bridgehead atoms. The van der Waals surface area contributed by atoms with Gasteiger partial charge in [0.15, 0.2) is 0 Å². The molecule has 0 aliphatic heterocycles. The summed E-state index contributed by atoms with van der Waals surface area (Å²) < 4.78 is 5.61. The van der Waals surface area contributed by atoms with E-state index in [1.54, 1.807) is 30.3 Å². The third-order valence-corrected chi connectivity index (χ3v) is 4.64. The maximum Gasteiger partial charge on any atom is 0.344 e. The quantitative estimate of drug-likeness (QED) is 0.319. The van der Waals surface area contributed by atoms with Gasteiger partial charge < -0.3 is 4.74 Å². The molecule has 0 N–H and O–H groups in total. The van der Waals surface area contributed by atoms with Crippen molar-refractivity contribution < 1.29 is 9.53 Å². The van der Waals surface area contributed by atoms with Crippen molar-refractivity contribution in [3.63, 3.8) is 0 Å². The van der Waals surface area contributed by atoms with Gasteiger partial charge in [0.05, 0.1) is 17.2 Å². The molecular formula is C26H17NO2. The molecule has 29 heavy (non-hydrogen) atoms. The number of carbonyl (C=O) groups is 1. The molecule has 0 unspecified atom stereocenters. The average Bonchev–Trinajstić information content (AvgIpc) is 2.80. The van der Waals surface area contributed by atoms with Crippen LogP contribution >= 0.6 is 0 Å². The van der Waals surface area contributed by atoms with E-state index in [2.05, 4.69) is 6.07 Å². The van der Waals surface area contributed by atoms with Crippen molar-refractivity contribution in [2.24, 2.45) is 0 Å². The van der Waals surface area contributed by atoms with Gasteiger partial charge in [0.1, 0.15) is 5.75 Å². The van der Waals surface area contributed by atoms with Gasteiger partial charge in [-0.3, -0.25) is 0 Å². The molecule has 4 rings (SSSR count). The first kappa shape index (κ1) is 18.2. The summed E-state index contributed by atoms with van der Waals surface area (Å²) in [5.41, 5.74) is 4.94. The van der Waals surface area contributed by atoms with E-state index in [4.69, 9.17) is 10.00 Å². The van der Waals surface area contributed by atoms with Crippen molar-refractivity contribution in [2.45, 2.75) is 0 Å². The summed E-state index contributed by atoms with van der Waals surface area (Å²) in [7, 11) is 0. The summed E-state index contributed by atoms with van der Waals surface area (Å²) in [6.07, 6.45) is 0. The van der Waals surface area contributed by atoms with Gasteiger partial charge in [0.2, 0.25) is 0 Å². The van der Waals surface area contributed by atoms with Crippen LogP contribution in [0.25, 0.3) is 22.3 Å². The molecule has 0 aliphatic rings. The molecule has 0 amide bonds. The van der Waals surface area contributed by atoms with E-state index in [9.17, 15) is 4.79 Å². The van der Waals surface area contributed by atoms with Gasteiger partial charge in [-0.25, -0.2) is 4.79 Å². The van der Waals surface area contributed by atoms with Gasteiger partial charge >= 0.3 is 5.97 Å². The third-order valence-electron chi connectivity index (χ3n) is 4.64. The summed E-state index contributed by atoms with van der Waals surface area (Å²) in [5, 5.41) is 8.91. The first-order valence-corrected chi connectivity index (χ1v) is 9.22. The zero-order valence-corrected chi connectivity index (χ0v) is 15.6. The van der Waals surface area contributed by atoms with Gasteiger partial charge in [-0.2, -0.15) is 5.26 Å². The van der Waals surface area contributed by atoms with Crippen molar-refractivity contribution in [1.82, 2.24) is 0 Å². The van der Waals surface area contributed by atoms with E-state index in [1.165, 1.54) is 0 Å². The molecule has 3 heteroatoms. The van der Waals surface area contributed by atoms with E-state index < -0.39 is 5.97 Å². The van der Waals surface area contributed by atoms with Crippen LogP contribution in [0.15, 0.2) is 103 Å². The molecule has 3 nitrogen and oxygen atoms in total. The molecule has 0 spiro atoms. The minimum atomic E-state index is -0.393. The maximum atomic E-state index is 12.8. The van der Waals surface area contributed by atoms with Crippen molar-refractivity contribution in [3.05, 3.63) is 114 Å². The topological polar surface area (TPSA) is 50.1 Å². The van der Waals surface area contributed by atoms with Crippen molar-refractivity contribution in [3.8, 4) is 34.1 Å². The Morgan fingerprint density at radius 1 is 0.655 bits per heavy atom. The van der Waals surface area contributed by atoms with Crippen LogP contribution in [-0.4, -0.2) is 5.97 Å². The predicted molar refractivity (Wildman–Crippen MR) is 113 cm³/mol. The summed E-state index contributed by atoms with van der Waals surface area (Å²) in [5.74, 6) is 0.0887. The van der Waals surface area contributed by atoms with E-state index in [0.29, 0.717) is 16.9 Å². The molecule has 0 aliphatic carbocycles. The third kappa shape index (κ3) is 4.07. The normalized spacial score (nSPS) is 10.2. The minimum absolute atomic E-state index is 0.393. The number of esters is 1. The second-order valence-electron chi connectivity index (χ2n) is 6.51. The average molecular weight is 375 g/mol. The first-order valence-electron chi connectivity index (χ1n) is 9.22. The highest BCUT2D eigenvalue weighted by Gasteiger charge is 2.14. The fourth-order valence-electron chi connectivity index (χ4n) is 3.15. The monoisotopic (exact) mass is 375 g/mol. The van der Waals surface area contributed by atoms with E-state index >= 15 is 0 Å². The van der Waals surface area contributed by atoms with Gasteiger partial charge in [-0.1, -0.05) is 72.8 Å². The summed E-state index contributed by atoms with van der Waals surface area (Å²) in [4.78, 5) is 12.8. The SMILES string of the molecule is N#Cc1ccc(-c2ccc(OC(=O)c3ccccc3-c3ccccc3)cc2)cc1. The molecule has 0 radical (unpaired) electrons. The Bertz CT molecular complexity index is 1170. The lowest BCUT2D eigenvalue weighted by atomic mass is 10.00. The highest BCUT2D eigenvalue weighted by molar-refractivity contribution is 5.98. The Kier molecular flexibility index (Phi) is 5.18. The number of benzene rings is 4. The van der Waals surface area contributed by atoms with Crippen LogP contribution in [0.1, 0.15) is 15.9 Å². The number of hydrogen-bond acceptors (Lipinski definition) is 3. The smallest absolute Gasteiger partial charge is 0.344 e. The van der Waals surface area contributed by atoms with Gasteiger partial charge in [0.25, 0.3) is 0 Å². The molecule has 0 aromatic heterocycles. The standard InChI is InChI=1S/C26H17NO2/c27-18-19-10-12-20(13-11-19)21-14-16-23(17-15-21)29-26(28)25-9-5-4-8-24(25)22-6-2-1-3-7-22/h1-17H. The summed E-state index contributed by atoms with van der Waals surface area (Å²) in [6, 6.07) is 34.0. The number of hydrogen-bond donors (Lipinski definition) is 0. The molecule has 0 saturated carbocycles. The lowest BCUT2D eigenvalue weighted by Gasteiger charge is -2.10. The minimum Gasteiger partial charge on any atom is -0.423 e. The second kappa shape index (κ2) is 8.24. The van der Waals surface area contributed by atoms with Crippen LogP contribution in [-0.2, 0) is 0 Å². The molecule has 0 saturated heterocycles. The Labute approximate surface area is 169 Å². The molecule has 138 valence electrons. The van der Waals surface area contributed by atoms with Crippen LogP contribution in [0, 0.1) is 11.3 Å². The van der Waals surface area contributed by atoms with Crippen molar-refractivity contribution in [2.75, 3.05) is 0 Å². The molecule has 0 heterocycles. The maximum absolute atomic E-state index is 12.8. The Morgan fingerprint density at radius 3 is 1.90 bits per heavy atom. The molecule has 4 aromatic rings. The van der Waals surface area contributed by atoms with Crippen molar-refractivity contribution in [1.29, 1.82) is 5.26 Å². The van der Waals surface area contributed by atoms with E-state index in [-0.39, 0.29) is 0 Å². The van der Waals surface area contributed by atoms with Crippen LogP contribution in [0.2, 0.25) is 0 Å². The highest BCUT2D eigenvalue weighted by Crippen LogP contribution is 2.26. The van der Waals surface area contributed by atoms with E-state index in [1.807, 2.05) is 72.8 Å². The largest absolute Gasteiger partial charge is 0.423 e. The number of nitrogens with zero attached hydrogens (tertiary/aromatic N) is 1. The van der Waals surface area contributed by atoms with Crippen molar-refractivity contribution >= 4 is 5.97 Å². The summed E-state index contributed by atoms with van der Waals surface area (Å²) >= 11 is 0. The van der Waals surface area contributed by atoms with Crippen LogP contribution in [0.3, 0.4) is 0 Å². The Balaban J connectivity index is 1.54. The lowest BCUT2D eigenvalue weighted by molar-refractivity contribution is 0.0735. The number of rotatable bonds is 4. The van der Waals surface area contributed by atoms with Gasteiger partial charge in [-0.05, 0) is 52.6 Å². The van der Waals surface area contributed by atoms with Crippen LogP contribution in [0.5, 0.6) is 5.75 Å². The molecular weight excluding hydrogens is 358 g/mol. The number of ether oxygens (including phenoxy) is 1. The van der Waals surface area contributed by atoms with Gasteiger partial charge in [-0.15, -0.1) is 0 Å². The Morgan fingerprint density at radius 2 is 1.24 bits per heavy atom.